The maximum absolute atomic E-state index is 14.5. The molecule has 0 bridgehead atoms. The summed E-state index contributed by atoms with van der Waals surface area (Å²) in [5, 5.41) is 0. The van der Waals surface area contributed by atoms with Crippen molar-refractivity contribution < 1.29 is 13.6 Å². The minimum absolute atomic E-state index is 0.156. The fraction of sp³-hybridized carbons (Fsp3) is 0.941. The van der Waals surface area contributed by atoms with Crippen molar-refractivity contribution in [2.45, 2.75) is 58.9 Å². The number of rotatable bonds is 3. The van der Waals surface area contributed by atoms with Crippen molar-refractivity contribution in [1.29, 1.82) is 0 Å². The predicted molar refractivity (Wildman–Crippen MR) is 83.9 cm³/mol. The van der Waals surface area contributed by atoms with Gasteiger partial charge in [-0.1, -0.05) is 27.7 Å². The van der Waals surface area contributed by atoms with Gasteiger partial charge in [-0.05, 0) is 44.2 Å². The smallest absolute Gasteiger partial charge is 0.280 e. The molecule has 1 atom stereocenters. The van der Waals surface area contributed by atoms with Gasteiger partial charge in [0.1, 0.15) is 0 Å². The van der Waals surface area contributed by atoms with Crippen LogP contribution in [0.4, 0.5) is 8.78 Å². The number of carbonyl (C=O) groups excluding carboxylic acids is 1. The van der Waals surface area contributed by atoms with E-state index in [0.29, 0.717) is 24.8 Å². The van der Waals surface area contributed by atoms with Crippen LogP contribution in [0.2, 0.25) is 0 Å². The second kappa shape index (κ2) is 6.81. The third kappa shape index (κ3) is 3.79. The van der Waals surface area contributed by atoms with Gasteiger partial charge in [0.05, 0.1) is 12.6 Å². The Morgan fingerprint density at radius 2 is 1.64 bits per heavy atom. The second-order valence-electron chi connectivity index (χ2n) is 7.60. The third-order valence-corrected chi connectivity index (χ3v) is 5.33. The molecule has 2 aliphatic rings. The third-order valence-electron chi connectivity index (χ3n) is 5.33. The maximum Gasteiger partial charge on any atom is 0.280 e. The quantitative estimate of drug-likeness (QED) is 0.798. The lowest BCUT2D eigenvalue weighted by Gasteiger charge is -2.46. The van der Waals surface area contributed by atoms with E-state index in [4.69, 9.17) is 0 Å². The van der Waals surface area contributed by atoms with Gasteiger partial charge >= 0.3 is 0 Å². The number of likely N-dealkylation sites (tertiary alicyclic amines) is 2. The van der Waals surface area contributed by atoms with Crippen molar-refractivity contribution >= 4 is 5.91 Å². The molecule has 0 aromatic heterocycles. The van der Waals surface area contributed by atoms with E-state index >= 15 is 0 Å². The lowest BCUT2D eigenvalue weighted by Crippen LogP contribution is -2.61. The number of halogens is 2. The van der Waals surface area contributed by atoms with Crippen LogP contribution in [0.5, 0.6) is 0 Å². The largest absolute Gasteiger partial charge is 0.336 e. The predicted octanol–water partition coefficient (Wildman–Crippen LogP) is 3.25. The van der Waals surface area contributed by atoms with Crippen LogP contribution < -0.4 is 0 Å². The second-order valence-corrected chi connectivity index (χ2v) is 7.60. The molecular weight excluding hydrogens is 286 g/mol. The van der Waals surface area contributed by atoms with Gasteiger partial charge in [-0.3, -0.25) is 9.69 Å². The SMILES string of the molecule is CC(C)C(=O)N1CCC(N2CCC(C(C)C)CC2)C(F)(F)C1. The Hall–Kier alpha value is -0.710. The van der Waals surface area contributed by atoms with Crippen LogP contribution in [0, 0.1) is 17.8 Å². The van der Waals surface area contributed by atoms with Crippen LogP contribution in [0.3, 0.4) is 0 Å². The number of alkyl halides is 2. The van der Waals surface area contributed by atoms with Crippen molar-refractivity contribution in [3.63, 3.8) is 0 Å². The van der Waals surface area contributed by atoms with E-state index in [0.717, 1.165) is 25.9 Å². The van der Waals surface area contributed by atoms with Crippen LogP contribution in [0.1, 0.15) is 47.0 Å². The molecule has 0 aromatic carbocycles. The minimum atomic E-state index is -2.80. The van der Waals surface area contributed by atoms with Crippen molar-refractivity contribution in [2.75, 3.05) is 26.2 Å². The molecule has 0 N–H and O–H groups in total. The highest BCUT2D eigenvalue weighted by atomic mass is 19.3. The monoisotopic (exact) mass is 316 g/mol. The Morgan fingerprint density at radius 3 is 2.09 bits per heavy atom. The van der Waals surface area contributed by atoms with Crippen molar-refractivity contribution in [1.82, 2.24) is 9.80 Å². The van der Waals surface area contributed by atoms with Gasteiger partial charge in [-0.25, -0.2) is 8.78 Å². The molecule has 5 heteroatoms. The molecule has 1 unspecified atom stereocenters. The Balaban J connectivity index is 1.95. The van der Waals surface area contributed by atoms with Gasteiger partial charge in [0.15, 0.2) is 0 Å². The summed E-state index contributed by atoms with van der Waals surface area (Å²) in [5.74, 6) is -1.88. The molecule has 1 amide bonds. The molecule has 2 saturated heterocycles. The lowest BCUT2D eigenvalue weighted by molar-refractivity contribution is -0.159. The van der Waals surface area contributed by atoms with Crippen molar-refractivity contribution in [3.05, 3.63) is 0 Å². The van der Waals surface area contributed by atoms with E-state index in [1.54, 1.807) is 13.8 Å². The topological polar surface area (TPSA) is 23.6 Å². The summed E-state index contributed by atoms with van der Waals surface area (Å²) in [6, 6.07) is -0.697. The van der Waals surface area contributed by atoms with Crippen LogP contribution >= 0.6 is 0 Å². The molecule has 0 spiro atoms. The highest BCUT2D eigenvalue weighted by Crippen LogP contribution is 2.35. The van der Waals surface area contributed by atoms with Crippen molar-refractivity contribution in [3.8, 4) is 0 Å². The van der Waals surface area contributed by atoms with Gasteiger partial charge in [0.25, 0.3) is 5.92 Å². The maximum atomic E-state index is 14.5. The molecule has 128 valence electrons. The fourth-order valence-corrected chi connectivity index (χ4v) is 3.83. The molecule has 2 heterocycles. The molecular formula is C17H30F2N2O. The standard InChI is InChI=1S/C17H30F2N2O/c1-12(2)14-5-8-20(9-6-14)15-7-10-21(11-17(15,18)19)16(22)13(3)4/h12-15H,5-11H2,1-4H3. The average molecular weight is 316 g/mol. The summed E-state index contributed by atoms with van der Waals surface area (Å²) < 4.78 is 29.1. The van der Waals surface area contributed by atoms with Crippen LogP contribution in [-0.4, -0.2) is 53.9 Å². The summed E-state index contributed by atoms with van der Waals surface area (Å²) >= 11 is 0. The number of carbonyl (C=O) groups is 1. The molecule has 2 aliphatic heterocycles. The first-order valence-electron chi connectivity index (χ1n) is 8.63. The van der Waals surface area contributed by atoms with Gasteiger partial charge in [-0.15, -0.1) is 0 Å². The van der Waals surface area contributed by atoms with Gasteiger partial charge in [0.2, 0.25) is 5.91 Å². The number of nitrogens with zero attached hydrogens (tertiary/aromatic N) is 2. The van der Waals surface area contributed by atoms with Crippen LogP contribution in [-0.2, 0) is 4.79 Å². The minimum Gasteiger partial charge on any atom is -0.336 e. The van der Waals surface area contributed by atoms with Gasteiger partial charge in [0, 0.05) is 12.5 Å². The lowest BCUT2D eigenvalue weighted by atomic mass is 9.85. The normalized spacial score (nSPS) is 27.6. The first kappa shape index (κ1) is 17.6. The van der Waals surface area contributed by atoms with E-state index in [-0.39, 0.29) is 11.8 Å². The Bertz CT molecular complexity index is 390. The highest BCUT2D eigenvalue weighted by molar-refractivity contribution is 5.78. The number of hydrogen-bond acceptors (Lipinski definition) is 2. The van der Waals surface area contributed by atoms with E-state index in [1.165, 1.54) is 4.90 Å². The summed E-state index contributed by atoms with van der Waals surface area (Å²) in [7, 11) is 0. The summed E-state index contributed by atoms with van der Waals surface area (Å²) in [6.07, 6.45) is 2.41. The summed E-state index contributed by atoms with van der Waals surface area (Å²) in [6.45, 7) is 9.53. The van der Waals surface area contributed by atoms with Gasteiger partial charge in [-0.2, -0.15) is 0 Å². The molecule has 0 aromatic rings. The van der Waals surface area contributed by atoms with Crippen molar-refractivity contribution in [2.24, 2.45) is 17.8 Å². The molecule has 0 aliphatic carbocycles. The van der Waals surface area contributed by atoms with E-state index in [1.807, 2.05) is 4.90 Å². The summed E-state index contributed by atoms with van der Waals surface area (Å²) in [4.78, 5) is 15.3. The molecule has 0 saturated carbocycles. The first-order chi connectivity index (χ1) is 10.2. The Labute approximate surface area is 133 Å². The summed E-state index contributed by atoms with van der Waals surface area (Å²) in [5.41, 5.74) is 0. The van der Waals surface area contributed by atoms with E-state index in [2.05, 4.69) is 13.8 Å². The van der Waals surface area contributed by atoms with Gasteiger partial charge < -0.3 is 4.90 Å². The first-order valence-corrected chi connectivity index (χ1v) is 8.63. The van der Waals surface area contributed by atoms with Crippen LogP contribution in [0.15, 0.2) is 0 Å². The Morgan fingerprint density at radius 1 is 1.05 bits per heavy atom. The fourth-order valence-electron chi connectivity index (χ4n) is 3.83. The molecule has 22 heavy (non-hydrogen) atoms. The zero-order valence-corrected chi connectivity index (χ0v) is 14.3. The number of piperidine rings is 2. The number of amides is 1. The highest BCUT2D eigenvalue weighted by Gasteiger charge is 2.49. The van der Waals surface area contributed by atoms with E-state index in [9.17, 15) is 13.6 Å². The number of hydrogen-bond donors (Lipinski definition) is 0. The van der Waals surface area contributed by atoms with Crippen LogP contribution in [0.25, 0.3) is 0 Å². The Kier molecular flexibility index (Phi) is 5.46. The molecule has 3 nitrogen and oxygen atoms in total. The zero-order chi connectivity index (χ0) is 16.5. The van der Waals surface area contributed by atoms with E-state index < -0.39 is 18.5 Å². The molecule has 0 radical (unpaired) electrons. The zero-order valence-electron chi connectivity index (χ0n) is 14.3. The molecule has 2 rings (SSSR count). The molecule has 2 fully saturated rings. The average Bonchev–Trinajstić information content (AvgIpc) is 2.45.